The van der Waals surface area contributed by atoms with Crippen molar-refractivity contribution in [1.82, 2.24) is 10.2 Å². The third-order valence-electron chi connectivity index (χ3n) is 2.96. The maximum absolute atomic E-state index is 11.5. The van der Waals surface area contributed by atoms with Gasteiger partial charge in [0.05, 0.1) is 6.54 Å². The van der Waals surface area contributed by atoms with Gasteiger partial charge in [-0.15, -0.1) is 0 Å². The highest BCUT2D eigenvalue weighted by molar-refractivity contribution is 7.80. The zero-order valence-corrected chi connectivity index (χ0v) is 11.0. The average molecular weight is 263 g/mol. The second kappa shape index (κ2) is 5.93. The summed E-state index contributed by atoms with van der Waals surface area (Å²) in [5, 5.41) is 2.87. The van der Waals surface area contributed by atoms with Crippen LogP contribution in [0.4, 0.5) is 0 Å². The van der Waals surface area contributed by atoms with Gasteiger partial charge in [0.25, 0.3) is 0 Å². The number of nitrogens with one attached hydrogen (secondary N) is 1. The molecule has 0 bridgehead atoms. The van der Waals surface area contributed by atoms with Gasteiger partial charge in [-0.2, -0.15) is 0 Å². The molecule has 1 aromatic rings. The molecule has 1 aliphatic heterocycles. The summed E-state index contributed by atoms with van der Waals surface area (Å²) in [4.78, 5) is 14.0. The number of hydrogen-bond donors (Lipinski definition) is 2. The normalized spacial score (nSPS) is 17.0. The minimum Gasteiger partial charge on any atom is -0.389 e. The lowest BCUT2D eigenvalue weighted by Gasteiger charge is -2.18. The van der Waals surface area contributed by atoms with Gasteiger partial charge in [0.15, 0.2) is 0 Å². The van der Waals surface area contributed by atoms with Gasteiger partial charge in [0.2, 0.25) is 5.91 Å². The molecule has 0 unspecified atom stereocenters. The number of rotatable bonds is 3. The standard InChI is InChI=1S/C13H17N3OS/c14-13(18)11-4-1-3-10(7-11)8-16-6-2-5-15-12(17)9-16/h1,3-4,7H,2,5-6,8-9H2,(H2,14,18)(H,15,17). The Bertz CT molecular complexity index is 461. The van der Waals surface area contributed by atoms with Crippen LogP contribution in [0.5, 0.6) is 0 Å². The van der Waals surface area contributed by atoms with Crippen molar-refractivity contribution < 1.29 is 4.79 Å². The van der Waals surface area contributed by atoms with Crippen molar-refractivity contribution in [1.29, 1.82) is 0 Å². The molecular formula is C13H17N3OS. The van der Waals surface area contributed by atoms with Crippen molar-refractivity contribution >= 4 is 23.1 Å². The maximum Gasteiger partial charge on any atom is 0.234 e. The molecule has 0 atom stereocenters. The van der Waals surface area contributed by atoms with Crippen LogP contribution in [0.1, 0.15) is 17.5 Å². The van der Waals surface area contributed by atoms with Crippen LogP contribution in [-0.2, 0) is 11.3 Å². The third-order valence-corrected chi connectivity index (χ3v) is 3.19. The van der Waals surface area contributed by atoms with Gasteiger partial charge in [-0.1, -0.05) is 30.4 Å². The van der Waals surface area contributed by atoms with Crippen LogP contribution in [0.25, 0.3) is 0 Å². The van der Waals surface area contributed by atoms with E-state index in [1.165, 1.54) is 0 Å². The van der Waals surface area contributed by atoms with Crippen molar-refractivity contribution in [2.45, 2.75) is 13.0 Å². The first kappa shape index (κ1) is 13.0. The summed E-state index contributed by atoms with van der Waals surface area (Å²) in [6.07, 6.45) is 0.987. The van der Waals surface area contributed by atoms with Gasteiger partial charge >= 0.3 is 0 Å². The number of nitrogens with zero attached hydrogens (tertiary/aromatic N) is 1. The minimum atomic E-state index is 0.0954. The second-order valence-corrected chi connectivity index (χ2v) is 4.92. The maximum atomic E-state index is 11.5. The Balaban J connectivity index is 2.05. The van der Waals surface area contributed by atoms with Crippen molar-refractivity contribution in [2.75, 3.05) is 19.6 Å². The lowest BCUT2D eigenvalue weighted by Crippen LogP contribution is -2.32. The summed E-state index contributed by atoms with van der Waals surface area (Å²) in [5.41, 5.74) is 7.63. The molecule has 0 saturated carbocycles. The first-order valence-corrected chi connectivity index (χ1v) is 6.44. The summed E-state index contributed by atoms with van der Waals surface area (Å²) in [6.45, 7) is 2.90. The Kier molecular flexibility index (Phi) is 4.28. The van der Waals surface area contributed by atoms with E-state index in [4.69, 9.17) is 18.0 Å². The van der Waals surface area contributed by atoms with Gasteiger partial charge in [-0.05, 0) is 18.1 Å². The van der Waals surface area contributed by atoms with Crippen LogP contribution in [-0.4, -0.2) is 35.4 Å². The number of carbonyl (C=O) groups is 1. The van der Waals surface area contributed by atoms with E-state index in [9.17, 15) is 4.79 Å². The summed E-state index contributed by atoms with van der Waals surface area (Å²) in [5.74, 6) is 0.0954. The molecule has 2 rings (SSSR count). The highest BCUT2D eigenvalue weighted by Gasteiger charge is 2.14. The van der Waals surface area contributed by atoms with Gasteiger partial charge < -0.3 is 11.1 Å². The van der Waals surface area contributed by atoms with Crippen LogP contribution >= 0.6 is 12.2 Å². The third kappa shape index (κ3) is 3.51. The van der Waals surface area contributed by atoms with Gasteiger partial charge in [-0.3, -0.25) is 9.69 Å². The molecule has 3 N–H and O–H groups in total. The Morgan fingerprint density at radius 2 is 2.33 bits per heavy atom. The molecule has 0 aliphatic carbocycles. The molecule has 1 heterocycles. The Hall–Kier alpha value is -1.46. The monoisotopic (exact) mass is 263 g/mol. The molecule has 1 saturated heterocycles. The smallest absolute Gasteiger partial charge is 0.234 e. The SMILES string of the molecule is NC(=S)c1cccc(CN2CCCNC(=O)C2)c1. The van der Waals surface area contributed by atoms with E-state index in [0.717, 1.165) is 37.2 Å². The van der Waals surface area contributed by atoms with Crippen LogP contribution in [0, 0.1) is 0 Å². The Labute approximate surface area is 112 Å². The quantitative estimate of drug-likeness (QED) is 0.786. The largest absolute Gasteiger partial charge is 0.389 e. The lowest BCUT2D eigenvalue weighted by molar-refractivity contribution is -0.121. The first-order valence-electron chi connectivity index (χ1n) is 6.03. The first-order chi connectivity index (χ1) is 8.65. The van der Waals surface area contributed by atoms with E-state index >= 15 is 0 Å². The number of hydrogen-bond acceptors (Lipinski definition) is 3. The van der Waals surface area contributed by atoms with Crippen LogP contribution in [0.2, 0.25) is 0 Å². The number of carbonyl (C=O) groups excluding carboxylic acids is 1. The molecule has 0 spiro atoms. The summed E-state index contributed by atoms with van der Waals surface area (Å²) in [6, 6.07) is 7.87. The van der Waals surface area contributed by atoms with Crippen LogP contribution in [0.15, 0.2) is 24.3 Å². The molecular weight excluding hydrogens is 246 g/mol. The molecule has 96 valence electrons. The zero-order valence-electron chi connectivity index (χ0n) is 10.2. The van der Waals surface area contributed by atoms with E-state index in [2.05, 4.69) is 10.2 Å². The Morgan fingerprint density at radius 1 is 1.50 bits per heavy atom. The van der Waals surface area contributed by atoms with Crippen molar-refractivity contribution in [3.63, 3.8) is 0 Å². The molecule has 1 aliphatic rings. The van der Waals surface area contributed by atoms with Crippen molar-refractivity contribution in [3.8, 4) is 0 Å². The van der Waals surface area contributed by atoms with E-state index in [1.54, 1.807) is 0 Å². The predicted molar refractivity (Wildman–Crippen MR) is 75.2 cm³/mol. The number of benzene rings is 1. The zero-order chi connectivity index (χ0) is 13.0. The van der Waals surface area contributed by atoms with Crippen LogP contribution in [0.3, 0.4) is 0 Å². The fourth-order valence-electron chi connectivity index (χ4n) is 2.08. The molecule has 1 fully saturated rings. The van der Waals surface area contributed by atoms with Crippen LogP contribution < -0.4 is 11.1 Å². The van der Waals surface area contributed by atoms with E-state index in [1.807, 2.05) is 24.3 Å². The van der Waals surface area contributed by atoms with Gasteiger partial charge in [-0.25, -0.2) is 0 Å². The molecule has 0 aromatic heterocycles. The second-order valence-electron chi connectivity index (χ2n) is 4.48. The molecule has 1 amide bonds. The van der Waals surface area contributed by atoms with Crippen molar-refractivity contribution in [2.24, 2.45) is 5.73 Å². The average Bonchev–Trinajstić information content (AvgIpc) is 2.54. The molecule has 0 radical (unpaired) electrons. The van der Waals surface area contributed by atoms with E-state index in [0.29, 0.717) is 11.5 Å². The minimum absolute atomic E-state index is 0.0954. The van der Waals surface area contributed by atoms with E-state index < -0.39 is 0 Å². The topological polar surface area (TPSA) is 58.4 Å². The number of thiocarbonyl (C=S) groups is 1. The summed E-state index contributed by atoms with van der Waals surface area (Å²) in [7, 11) is 0. The van der Waals surface area contributed by atoms with Crippen molar-refractivity contribution in [3.05, 3.63) is 35.4 Å². The number of amides is 1. The highest BCUT2D eigenvalue weighted by atomic mass is 32.1. The molecule has 18 heavy (non-hydrogen) atoms. The molecule has 1 aromatic carbocycles. The fourth-order valence-corrected chi connectivity index (χ4v) is 2.21. The fraction of sp³-hybridized carbons (Fsp3) is 0.385. The Morgan fingerprint density at radius 3 is 3.11 bits per heavy atom. The summed E-state index contributed by atoms with van der Waals surface area (Å²) < 4.78 is 0. The van der Waals surface area contributed by atoms with Gasteiger partial charge in [0, 0.05) is 25.2 Å². The molecule has 4 nitrogen and oxygen atoms in total. The summed E-state index contributed by atoms with van der Waals surface area (Å²) >= 11 is 4.97. The predicted octanol–water partition coefficient (Wildman–Crippen LogP) is 0.643. The van der Waals surface area contributed by atoms with Gasteiger partial charge in [0.1, 0.15) is 4.99 Å². The molecule has 5 heteroatoms. The number of nitrogens with two attached hydrogens (primary N) is 1. The van der Waals surface area contributed by atoms with E-state index in [-0.39, 0.29) is 5.91 Å². The lowest BCUT2D eigenvalue weighted by atomic mass is 10.1. The highest BCUT2D eigenvalue weighted by Crippen LogP contribution is 2.09.